The van der Waals surface area contributed by atoms with Crippen molar-refractivity contribution in [1.82, 2.24) is 19.1 Å². The SMILES string of the molecule is CCCC[NH+](CC)Cc1nc2c(c(=O)[nH]c(=O)n2C)n1[C@@H](C(C)=O)C(=O)OCC. The molecule has 10 nitrogen and oxygen atoms in total. The maximum absolute atomic E-state index is 12.6. The molecule has 0 saturated heterocycles. The van der Waals surface area contributed by atoms with Crippen LogP contribution in [0.5, 0.6) is 0 Å². The summed E-state index contributed by atoms with van der Waals surface area (Å²) in [5, 5.41) is 0. The van der Waals surface area contributed by atoms with Gasteiger partial charge < -0.3 is 9.64 Å². The van der Waals surface area contributed by atoms with Crippen LogP contribution in [0.2, 0.25) is 0 Å². The molecule has 0 aliphatic heterocycles. The van der Waals surface area contributed by atoms with Gasteiger partial charge in [0.05, 0.1) is 19.7 Å². The number of quaternary nitrogens is 1. The van der Waals surface area contributed by atoms with Crippen molar-refractivity contribution in [2.75, 3.05) is 19.7 Å². The van der Waals surface area contributed by atoms with Crippen LogP contribution in [0.1, 0.15) is 52.4 Å². The monoisotopic (exact) mass is 408 g/mol. The van der Waals surface area contributed by atoms with E-state index in [1.807, 2.05) is 6.92 Å². The number of hydrogen-bond donors (Lipinski definition) is 2. The van der Waals surface area contributed by atoms with E-state index in [2.05, 4.69) is 16.9 Å². The highest BCUT2D eigenvalue weighted by atomic mass is 16.5. The fourth-order valence-corrected chi connectivity index (χ4v) is 3.36. The highest BCUT2D eigenvalue weighted by molar-refractivity contribution is 6.01. The lowest BCUT2D eigenvalue weighted by atomic mass is 10.2. The van der Waals surface area contributed by atoms with Crippen molar-refractivity contribution in [2.45, 2.75) is 53.1 Å². The summed E-state index contributed by atoms with van der Waals surface area (Å²) >= 11 is 0. The van der Waals surface area contributed by atoms with Crippen LogP contribution >= 0.6 is 0 Å². The summed E-state index contributed by atoms with van der Waals surface area (Å²) in [6, 6.07) is -1.34. The first-order chi connectivity index (χ1) is 13.8. The van der Waals surface area contributed by atoms with Crippen LogP contribution < -0.4 is 16.1 Å². The van der Waals surface area contributed by atoms with Gasteiger partial charge in [-0.1, -0.05) is 13.3 Å². The Kier molecular flexibility index (Phi) is 7.49. The first-order valence-corrected chi connectivity index (χ1v) is 9.97. The second-order valence-corrected chi connectivity index (χ2v) is 7.04. The molecule has 0 saturated carbocycles. The average molecular weight is 408 g/mol. The summed E-state index contributed by atoms with van der Waals surface area (Å²) in [5.74, 6) is -0.822. The molecule has 0 aliphatic carbocycles. The zero-order valence-corrected chi connectivity index (χ0v) is 17.7. The molecule has 0 radical (unpaired) electrons. The number of fused-ring (bicyclic) bond motifs is 1. The summed E-state index contributed by atoms with van der Waals surface area (Å²) in [6.45, 7) is 9.25. The number of imidazole rings is 1. The average Bonchev–Trinajstić information content (AvgIpc) is 3.02. The summed E-state index contributed by atoms with van der Waals surface area (Å²) < 4.78 is 7.64. The lowest BCUT2D eigenvalue weighted by Crippen LogP contribution is -3.10. The van der Waals surface area contributed by atoms with Crippen LogP contribution in [-0.2, 0) is 27.9 Å². The topological polar surface area (TPSA) is 120 Å². The number of aromatic nitrogens is 4. The van der Waals surface area contributed by atoms with Crippen molar-refractivity contribution in [2.24, 2.45) is 7.05 Å². The van der Waals surface area contributed by atoms with Gasteiger partial charge in [0.25, 0.3) is 5.56 Å². The number of aryl methyl sites for hydroxylation is 1. The number of hydrogen-bond acceptors (Lipinski definition) is 6. The third-order valence-corrected chi connectivity index (χ3v) is 4.97. The number of carbonyl (C=O) groups excluding carboxylic acids is 2. The zero-order valence-electron chi connectivity index (χ0n) is 17.7. The van der Waals surface area contributed by atoms with Crippen LogP contribution in [-0.4, -0.2) is 50.6 Å². The zero-order chi connectivity index (χ0) is 21.7. The van der Waals surface area contributed by atoms with Crippen molar-refractivity contribution in [3.8, 4) is 0 Å². The van der Waals surface area contributed by atoms with Gasteiger partial charge in [-0.05, 0) is 27.2 Å². The summed E-state index contributed by atoms with van der Waals surface area (Å²) in [5.41, 5.74) is -1.15. The number of nitrogens with one attached hydrogen (secondary N) is 2. The largest absolute Gasteiger partial charge is 0.464 e. The molecule has 0 bridgehead atoms. The van der Waals surface area contributed by atoms with Crippen molar-refractivity contribution in [3.63, 3.8) is 0 Å². The molecule has 2 aromatic heterocycles. The maximum Gasteiger partial charge on any atom is 0.336 e. The van der Waals surface area contributed by atoms with Crippen LogP contribution in [0.15, 0.2) is 9.59 Å². The molecule has 2 N–H and O–H groups in total. The number of rotatable bonds is 10. The number of H-pyrrole nitrogens is 1. The molecular weight excluding hydrogens is 378 g/mol. The minimum absolute atomic E-state index is 0.0151. The summed E-state index contributed by atoms with van der Waals surface area (Å²) in [6.07, 6.45) is 2.05. The predicted molar refractivity (Wildman–Crippen MR) is 107 cm³/mol. The summed E-state index contributed by atoms with van der Waals surface area (Å²) in [4.78, 5) is 57.6. The van der Waals surface area contributed by atoms with Gasteiger partial charge >= 0.3 is 11.7 Å². The normalized spacial score (nSPS) is 13.4. The minimum atomic E-state index is -1.34. The van der Waals surface area contributed by atoms with E-state index in [4.69, 9.17) is 4.74 Å². The molecule has 2 aromatic rings. The van der Waals surface area contributed by atoms with Gasteiger partial charge in [0.2, 0.25) is 0 Å². The van der Waals surface area contributed by atoms with Crippen molar-refractivity contribution >= 4 is 22.9 Å². The third-order valence-electron chi connectivity index (χ3n) is 4.97. The van der Waals surface area contributed by atoms with Gasteiger partial charge in [-0.2, -0.15) is 0 Å². The van der Waals surface area contributed by atoms with E-state index in [1.54, 1.807) is 6.92 Å². The molecule has 2 atom stereocenters. The molecule has 2 heterocycles. The standard InChI is InChI=1S/C19H29N5O5/c1-6-9-10-23(7-2)11-13-20-16-15(17(26)21-19(28)22(16)5)24(13)14(12(4)25)18(27)29-8-3/h14H,6-11H2,1-5H3,(H,21,26,28)/p+1/t14-/m0/s1. The number of carbonyl (C=O) groups is 2. The second kappa shape index (κ2) is 9.64. The van der Waals surface area contributed by atoms with Crippen LogP contribution in [0, 0.1) is 0 Å². The number of esters is 1. The molecular formula is C19H30N5O5+. The van der Waals surface area contributed by atoms with E-state index in [9.17, 15) is 19.2 Å². The van der Waals surface area contributed by atoms with E-state index in [0.717, 1.165) is 25.9 Å². The maximum atomic E-state index is 12.6. The van der Waals surface area contributed by atoms with Gasteiger partial charge in [-0.15, -0.1) is 0 Å². The Morgan fingerprint density at radius 3 is 2.48 bits per heavy atom. The number of Topliss-reactive ketones (excluding diaryl/α,β-unsaturated/α-hetero) is 1. The number of aromatic amines is 1. The minimum Gasteiger partial charge on any atom is -0.464 e. The van der Waals surface area contributed by atoms with E-state index < -0.39 is 29.0 Å². The molecule has 10 heteroatoms. The molecule has 0 spiro atoms. The van der Waals surface area contributed by atoms with Gasteiger partial charge in [0.1, 0.15) is 6.54 Å². The molecule has 160 valence electrons. The lowest BCUT2D eigenvalue weighted by molar-refractivity contribution is -0.913. The molecule has 0 aromatic carbocycles. The first-order valence-electron chi connectivity index (χ1n) is 9.97. The fraction of sp³-hybridized carbons (Fsp3) is 0.632. The number of unbranched alkanes of at least 4 members (excludes halogenated alkanes) is 1. The molecule has 0 aliphatic rings. The molecule has 2 rings (SSSR count). The van der Waals surface area contributed by atoms with Crippen molar-refractivity contribution in [1.29, 1.82) is 0 Å². The number of ether oxygens (including phenoxy) is 1. The molecule has 0 amide bonds. The number of nitrogens with zero attached hydrogens (tertiary/aromatic N) is 3. The van der Waals surface area contributed by atoms with Crippen LogP contribution in [0.3, 0.4) is 0 Å². The Morgan fingerprint density at radius 2 is 1.93 bits per heavy atom. The molecule has 1 unspecified atom stereocenters. The number of ketones is 1. The fourth-order valence-electron chi connectivity index (χ4n) is 3.36. The van der Waals surface area contributed by atoms with Gasteiger partial charge in [-0.25, -0.2) is 14.6 Å². The van der Waals surface area contributed by atoms with Crippen molar-refractivity contribution in [3.05, 3.63) is 26.7 Å². The van der Waals surface area contributed by atoms with Crippen molar-refractivity contribution < 1.29 is 19.2 Å². The second-order valence-electron chi connectivity index (χ2n) is 7.04. The van der Waals surface area contributed by atoms with Gasteiger partial charge in [-0.3, -0.25) is 23.7 Å². The van der Waals surface area contributed by atoms with E-state index in [0.29, 0.717) is 12.4 Å². The van der Waals surface area contributed by atoms with Gasteiger partial charge in [0, 0.05) is 7.05 Å². The summed E-state index contributed by atoms with van der Waals surface area (Å²) in [7, 11) is 1.48. The van der Waals surface area contributed by atoms with Crippen LogP contribution in [0.4, 0.5) is 0 Å². The quantitative estimate of drug-likeness (QED) is 0.397. The Labute approximate surface area is 168 Å². The van der Waals surface area contributed by atoms with Gasteiger partial charge in [0.15, 0.2) is 28.8 Å². The molecule has 0 fully saturated rings. The predicted octanol–water partition coefficient (Wildman–Crippen LogP) is -0.679. The Morgan fingerprint density at radius 1 is 1.24 bits per heavy atom. The molecule has 29 heavy (non-hydrogen) atoms. The lowest BCUT2D eigenvalue weighted by Gasteiger charge is -2.20. The highest BCUT2D eigenvalue weighted by Crippen LogP contribution is 2.20. The van der Waals surface area contributed by atoms with Crippen LogP contribution in [0.25, 0.3) is 11.2 Å². The van der Waals surface area contributed by atoms with E-state index in [-0.39, 0.29) is 17.8 Å². The smallest absolute Gasteiger partial charge is 0.336 e. The first kappa shape index (κ1) is 22.5. The highest BCUT2D eigenvalue weighted by Gasteiger charge is 2.33. The Bertz CT molecular complexity index is 1000. The van der Waals surface area contributed by atoms with E-state index in [1.165, 1.54) is 28.0 Å². The Balaban J connectivity index is 2.76. The van der Waals surface area contributed by atoms with E-state index >= 15 is 0 Å². The third kappa shape index (κ3) is 4.64. The Hall–Kier alpha value is -2.75.